The maximum Gasteiger partial charge on any atom is 0.314 e. The van der Waals surface area contributed by atoms with Gasteiger partial charge < -0.3 is 50.0 Å². The van der Waals surface area contributed by atoms with Crippen molar-refractivity contribution >= 4 is 91.6 Å². The third kappa shape index (κ3) is 17.1. The number of nitrogens with one attached hydrogen (secondary N) is 4. The minimum absolute atomic E-state index is 0.0423. The number of rotatable bonds is 29. The number of carbonyl (C=O) groups excluding carboxylic acids is 2. The Labute approximate surface area is 517 Å². The predicted molar refractivity (Wildman–Crippen MR) is 333 cm³/mol. The fourth-order valence-electron chi connectivity index (χ4n) is 11.7. The number of anilines is 2. The van der Waals surface area contributed by atoms with Gasteiger partial charge in [-0.3, -0.25) is 18.4 Å². The summed E-state index contributed by atoms with van der Waals surface area (Å²) in [5.74, 6) is 1.32. The summed E-state index contributed by atoms with van der Waals surface area (Å²) >= 11 is 25.9. The van der Waals surface area contributed by atoms with Crippen LogP contribution >= 0.6 is 46.4 Å². The Morgan fingerprint density at radius 3 is 1.32 bits per heavy atom. The van der Waals surface area contributed by atoms with Crippen molar-refractivity contribution in [2.45, 2.75) is 88.7 Å². The maximum atomic E-state index is 12.7. The molecular weight excluding hydrogens is 1200 g/mol. The van der Waals surface area contributed by atoms with Crippen molar-refractivity contribution in [2.24, 2.45) is 0 Å². The second kappa shape index (κ2) is 30.9. The molecule has 0 saturated carbocycles. The number of hydrogen-bond acceptors (Lipinski definition) is 14. The number of urea groups is 2. The molecule has 462 valence electrons. The van der Waals surface area contributed by atoms with Crippen molar-refractivity contribution in [3.8, 4) is 11.5 Å². The minimum Gasteiger partial charge on any atom is -0.484 e. The first-order valence-corrected chi connectivity index (χ1v) is 32.4. The van der Waals surface area contributed by atoms with Gasteiger partial charge in [0, 0.05) is 96.7 Å². The Morgan fingerprint density at radius 1 is 0.560 bits per heavy atom. The normalized spacial score (nSPS) is 20.5. The molecule has 4 aromatic carbocycles. The zero-order chi connectivity index (χ0) is 60.2. The molecule has 2 heterocycles. The van der Waals surface area contributed by atoms with Crippen LogP contribution in [0.5, 0.6) is 11.5 Å². The molecule has 0 unspecified atom stereocenters. The van der Waals surface area contributed by atoms with Gasteiger partial charge in [-0.05, 0) is 163 Å². The number of halogens is 4. The lowest BCUT2D eigenvalue weighted by Crippen LogP contribution is -2.39. The van der Waals surface area contributed by atoms with E-state index in [4.69, 9.17) is 65.4 Å². The Kier molecular flexibility index (Phi) is 24.0. The number of unbranched alkanes of at least 4 members (excludes halogenated alkanes) is 1. The molecule has 2 fully saturated rings. The number of ether oxygens (including phenoxy) is 4. The summed E-state index contributed by atoms with van der Waals surface area (Å²) in [7, 11) is 2.22. The highest BCUT2D eigenvalue weighted by Crippen LogP contribution is 2.45. The summed E-state index contributed by atoms with van der Waals surface area (Å²) in [6.07, 6.45) is 3.53. The van der Waals surface area contributed by atoms with Crippen molar-refractivity contribution in [1.29, 1.82) is 0 Å². The van der Waals surface area contributed by atoms with Gasteiger partial charge in [-0.1, -0.05) is 46.4 Å². The predicted octanol–water partition coefficient (Wildman–Crippen LogP) is 7.06. The van der Waals surface area contributed by atoms with E-state index in [2.05, 4.69) is 40.9 Å². The first kappa shape index (κ1) is 65.4. The van der Waals surface area contributed by atoms with Gasteiger partial charge in [-0.2, -0.15) is 0 Å². The van der Waals surface area contributed by atoms with Crippen LogP contribution in [0.15, 0.2) is 60.7 Å². The highest BCUT2D eigenvalue weighted by atomic mass is 35.5. The van der Waals surface area contributed by atoms with Crippen molar-refractivity contribution in [3.05, 3.63) is 114 Å². The average Bonchev–Trinajstić information content (AvgIpc) is 3.25. The highest BCUT2D eigenvalue weighted by molar-refractivity contribution is 7.74. The third-order valence-electron chi connectivity index (χ3n) is 16.1. The molecule has 4 amide bonds. The van der Waals surface area contributed by atoms with Gasteiger partial charge in [0.05, 0.1) is 62.0 Å². The van der Waals surface area contributed by atoms with Gasteiger partial charge >= 0.3 is 12.1 Å². The van der Waals surface area contributed by atoms with Gasteiger partial charge in [0.15, 0.2) is 0 Å². The molecule has 4 aliphatic rings. The molecule has 4 N–H and O–H groups in total. The Morgan fingerprint density at radius 2 is 0.952 bits per heavy atom. The van der Waals surface area contributed by atoms with Crippen molar-refractivity contribution in [1.82, 2.24) is 40.9 Å². The second-order valence-corrected chi connectivity index (χ2v) is 25.8. The Hall–Kier alpha value is -4.56. The average molecular weight is 1280 g/mol. The van der Waals surface area contributed by atoms with Gasteiger partial charge in [0.1, 0.15) is 23.7 Å². The van der Waals surface area contributed by atoms with Crippen LogP contribution in [0, 0.1) is 13.8 Å². The molecule has 0 radical (unpaired) electrons. The quantitative estimate of drug-likeness (QED) is 0.0238. The summed E-state index contributed by atoms with van der Waals surface area (Å²) in [5.41, 5.74) is 6.77. The van der Waals surface area contributed by atoms with Crippen molar-refractivity contribution in [3.63, 3.8) is 0 Å². The number of nitrogens with zero attached hydrogens (tertiary/aromatic N) is 6. The number of benzene rings is 4. The molecule has 2 saturated heterocycles. The molecule has 0 spiro atoms. The van der Waals surface area contributed by atoms with Gasteiger partial charge in [-0.15, -0.1) is 0 Å². The summed E-state index contributed by atoms with van der Waals surface area (Å²) < 4.78 is 78.6. The molecule has 2 aliphatic carbocycles. The third-order valence-corrected chi connectivity index (χ3v) is 19.0. The first-order valence-electron chi connectivity index (χ1n) is 28.6. The summed E-state index contributed by atoms with van der Waals surface area (Å²) in [5, 5.41) is 13.6. The molecule has 6 atom stereocenters. The lowest BCUT2D eigenvalue weighted by atomic mass is 10.1. The van der Waals surface area contributed by atoms with E-state index in [1.807, 2.05) is 78.4 Å². The highest BCUT2D eigenvalue weighted by Gasteiger charge is 2.40. The molecule has 84 heavy (non-hydrogen) atoms. The van der Waals surface area contributed by atoms with E-state index in [9.17, 15) is 26.4 Å². The number of aryl methyl sites for hydroxylation is 2. The Bertz CT molecular complexity index is 2870. The summed E-state index contributed by atoms with van der Waals surface area (Å²) in [6.45, 7) is 10.7. The molecule has 2 aliphatic heterocycles. The van der Waals surface area contributed by atoms with E-state index < -0.39 is 21.8 Å². The fraction of sp³-hybridized carbons (Fsp3) is 0.552. The second-order valence-electron chi connectivity index (χ2n) is 22.3. The molecular formula is C58H80Cl4N10O10S2. The standard InChI is InChI=1S/C58H80Cl4N10O10S2/c1-37-27-41(9-11-53(37)81-55-47-29-39(59)31-49(61)45(47)33-51(55)67(3)4)71(83(75)76)43-13-19-69(35-43)21-25-79-23-17-65-57(73)63-15-7-8-16-64-58(74)66-18-24-80-26-22-70-20-14-44(36-70)72(84(77)78)42-10-12-54(38(2)28-42)82-56-48-30-40(60)32-50(62)46(48)34-52(56)68(5)6/h9-12,27-32,43-44,51-52,55-56,83-84H,7-8,13-26,33-36H2,1-6H3,(H2,63,65,73)(H2,64,66,74)/t43-,44-,51+,52+,55+,56+/m1/s1. The summed E-state index contributed by atoms with van der Waals surface area (Å²) in [4.78, 5) is 33.3. The number of fused-ring (bicyclic) bond motifs is 2. The molecule has 0 aromatic heterocycles. The zero-order valence-corrected chi connectivity index (χ0v) is 53.4. The molecule has 0 bridgehead atoms. The number of thiol groups is 2. The van der Waals surface area contributed by atoms with E-state index >= 15 is 0 Å². The Balaban J connectivity index is 0.632. The van der Waals surface area contributed by atoms with Crippen LogP contribution in [0.1, 0.15) is 71.3 Å². The van der Waals surface area contributed by atoms with Crippen LogP contribution in [0.3, 0.4) is 0 Å². The smallest absolute Gasteiger partial charge is 0.314 e. The molecule has 26 heteroatoms. The van der Waals surface area contributed by atoms with E-state index in [-0.39, 0.29) is 48.4 Å². The van der Waals surface area contributed by atoms with Crippen LogP contribution in [0.4, 0.5) is 21.0 Å². The topological polar surface area (TPSA) is 207 Å². The number of hydrogen-bond donors (Lipinski definition) is 6. The molecule has 8 rings (SSSR count). The zero-order valence-electron chi connectivity index (χ0n) is 48.6. The van der Waals surface area contributed by atoms with Crippen LogP contribution in [0.25, 0.3) is 0 Å². The monoisotopic (exact) mass is 1280 g/mol. The van der Waals surface area contributed by atoms with E-state index in [0.717, 1.165) is 59.3 Å². The minimum atomic E-state index is -2.91. The number of likely N-dealkylation sites (N-methyl/N-ethyl adjacent to an activating group) is 2. The maximum absolute atomic E-state index is 12.7. The number of carbonyl (C=O) groups is 2. The van der Waals surface area contributed by atoms with E-state index in [1.54, 1.807) is 24.3 Å². The van der Waals surface area contributed by atoms with E-state index in [0.29, 0.717) is 147 Å². The molecule has 20 nitrogen and oxygen atoms in total. The van der Waals surface area contributed by atoms with Gasteiger partial charge in [0.25, 0.3) is 0 Å². The van der Waals surface area contributed by atoms with Crippen LogP contribution in [-0.4, -0.2) is 193 Å². The fourth-order valence-corrected chi connectivity index (χ4v) is 14.4. The van der Waals surface area contributed by atoms with Crippen molar-refractivity contribution in [2.75, 3.05) is 129 Å². The van der Waals surface area contributed by atoms with Crippen LogP contribution < -0.4 is 39.4 Å². The van der Waals surface area contributed by atoms with Crippen LogP contribution in [0.2, 0.25) is 20.1 Å². The number of amides is 4. The number of likely N-dealkylation sites (tertiary alicyclic amines) is 2. The first-order chi connectivity index (χ1) is 40.3. The van der Waals surface area contributed by atoms with E-state index in [1.165, 1.54) is 8.61 Å². The lowest BCUT2D eigenvalue weighted by molar-refractivity contribution is 0.110. The van der Waals surface area contributed by atoms with Gasteiger partial charge in [-0.25, -0.2) is 26.4 Å². The lowest BCUT2D eigenvalue weighted by Gasteiger charge is -2.29. The largest absolute Gasteiger partial charge is 0.484 e. The summed E-state index contributed by atoms with van der Waals surface area (Å²) in [6, 6.07) is 17.3. The SMILES string of the molecule is Cc1cc(N([C@@H]2CCN(CCOCCNC(=O)NCCCCNC(=O)NCCOCCN3CC[C@@H](N(c4ccc(O[C@H]5c6cc(Cl)cc(Cl)c6C[C@@H]5N(C)C)c(C)c4)[SH](=O)=O)C3)C2)[SH](=O)=O)ccc1O[C@H]1c2cc(Cl)cc(Cl)c2C[C@@H]1N(C)C. The van der Waals surface area contributed by atoms with Gasteiger partial charge in [0.2, 0.25) is 21.8 Å². The molecule has 4 aromatic rings. The van der Waals surface area contributed by atoms with Crippen molar-refractivity contribution < 1.29 is 45.4 Å². The van der Waals surface area contributed by atoms with Crippen LogP contribution in [-0.2, 0) is 44.1 Å².